The van der Waals surface area contributed by atoms with Crippen molar-refractivity contribution in [3.8, 4) is 0 Å². The van der Waals surface area contributed by atoms with E-state index < -0.39 is 24.2 Å². The second kappa shape index (κ2) is 4.59. The van der Waals surface area contributed by atoms with E-state index in [0.717, 1.165) is 4.57 Å². The average Bonchev–Trinajstić information content (AvgIpc) is 2.65. The Morgan fingerprint density at radius 2 is 2.47 bits per heavy atom. The van der Waals surface area contributed by atoms with Crippen LogP contribution in [0.3, 0.4) is 0 Å². The van der Waals surface area contributed by atoms with Crippen LogP contribution in [0, 0.1) is 0 Å². The maximum absolute atomic E-state index is 13.6. The number of alkyl halides is 1. The quantitative estimate of drug-likeness (QED) is 0.790. The topological polar surface area (TPSA) is 90.4 Å². The summed E-state index contributed by atoms with van der Waals surface area (Å²) in [6.07, 6.45) is -1.94. The van der Waals surface area contributed by atoms with Gasteiger partial charge in [-0.25, -0.2) is 9.18 Å². The number of aliphatic hydroxyl groups is 1. The van der Waals surface area contributed by atoms with Gasteiger partial charge in [0.05, 0.1) is 17.7 Å². The second-order valence-electron chi connectivity index (χ2n) is 3.75. The van der Waals surface area contributed by atoms with Gasteiger partial charge in [0.15, 0.2) is 6.23 Å². The molecular formula is C9H11ClFN3O3. The molecule has 2 heterocycles. The van der Waals surface area contributed by atoms with Crippen molar-refractivity contribution in [2.45, 2.75) is 24.9 Å². The van der Waals surface area contributed by atoms with Gasteiger partial charge in [-0.05, 0) is 0 Å². The van der Waals surface area contributed by atoms with E-state index in [9.17, 15) is 9.18 Å². The molecule has 3 atom stereocenters. The van der Waals surface area contributed by atoms with Crippen molar-refractivity contribution in [2.24, 2.45) is 0 Å². The third-order valence-electron chi connectivity index (χ3n) is 2.54. The summed E-state index contributed by atoms with van der Waals surface area (Å²) in [7, 11) is 0. The number of aromatic nitrogens is 2. The highest BCUT2D eigenvalue weighted by atomic mass is 35.5. The summed E-state index contributed by atoms with van der Waals surface area (Å²) in [6.45, 7) is -0.304. The zero-order chi connectivity index (χ0) is 12.6. The highest BCUT2D eigenvalue weighted by Gasteiger charge is 2.37. The molecule has 0 spiro atoms. The molecular weight excluding hydrogens is 253 g/mol. The molecule has 0 unspecified atom stereocenters. The molecule has 1 fully saturated rings. The SMILES string of the molecule is Nc1nc(=O)n([C@H]2O[C@@H](CO)C[C@H]2F)cc1Cl. The Bertz CT molecular complexity index is 481. The lowest BCUT2D eigenvalue weighted by molar-refractivity contribution is -0.0393. The first-order chi connectivity index (χ1) is 8.02. The van der Waals surface area contributed by atoms with Crippen molar-refractivity contribution in [1.29, 1.82) is 0 Å². The second-order valence-corrected chi connectivity index (χ2v) is 4.15. The van der Waals surface area contributed by atoms with Crippen molar-refractivity contribution in [3.05, 3.63) is 21.7 Å². The van der Waals surface area contributed by atoms with Crippen molar-refractivity contribution < 1.29 is 14.2 Å². The average molecular weight is 264 g/mol. The minimum atomic E-state index is -1.40. The fourth-order valence-electron chi connectivity index (χ4n) is 1.70. The molecule has 3 N–H and O–H groups in total. The summed E-state index contributed by atoms with van der Waals surface area (Å²) in [4.78, 5) is 15.0. The van der Waals surface area contributed by atoms with Crippen LogP contribution in [0.25, 0.3) is 0 Å². The number of halogens is 2. The molecule has 6 nitrogen and oxygen atoms in total. The van der Waals surface area contributed by atoms with E-state index in [0.29, 0.717) is 0 Å². The molecule has 0 radical (unpaired) electrons. The lowest BCUT2D eigenvalue weighted by Gasteiger charge is -2.16. The summed E-state index contributed by atoms with van der Waals surface area (Å²) in [5, 5.41) is 8.92. The number of ether oxygens (including phenoxy) is 1. The summed E-state index contributed by atoms with van der Waals surface area (Å²) in [5.74, 6) is -0.111. The van der Waals surface area contributed by atoms with E-state index in [1.54, 1.807) is 0 Å². The van der Waals surface area contributed by atoms with Gasteiger partial charge in [0.25, 0.3) is 0 Å². The number of nitrogens with two attached hydrogens (primary N) is 1. The number of anilines is 1. The molecule has 1 aliphatic rings. The fourth-order valence-corrected chi connectivity index (χ4v) is 1.85. The van der Waals surface area contributed by atoms with Crippen molar-refractivity contribution in [3.63, 3.8) is 0 Å². The van der Waals surface area contributed by atoms with Crippen LogP contribution in [-0.4, -0.2) is 33.5 Å². The van der Waals surface area contributed by atoms with E-state index in [1.807, 2.05) is 0 Å². The lowest BCUT2D eigenvalue weighted by Crippen LogP contribution is -2.31. The highest BCUT2D eigenvalue weighted by molar-refractivity contribution is 6.32. The van der Waals surface area contributed by atoms with Gasteiger partial charge in [-0.1, -0.05) is 11.6 Å². The van der Waals surface area contributed by atoms with Crippen molar-refractivity contribution in [2.75, 3.05) is 12.3 Å². The Balaban J connectivity index is 2.35. The number of hydrogen-bond donors (Lipinski definition) is 2. The molecule has 1 aliphatic heterocycles. The third-order valence-corrected chi connectivity index (χ3v) is 2.83. The van der Waals surface area contributed by atoms with Crippen LogP contribution in [0.5, 0.6) is 0 Å². The number of nitrogen functional groups attached to an aromatic ring is 1. The van der Waals surface area contributed by atoms with Gasteiger partial charge in [0.1, 0.15) is 12.0 Å². The number of rotatable bonds is 2. The lowest BCUT2D eigenvalue weighted by atomic mass is 10.2. The maximum atomic E-state index is 13.6. The summed E-state index contributed by atoms with van der Waals surface area (Å²) < 4.78 is 19.8. The largest absolute Gasteiger partial charge is 0.394 e. The smallest absolute Gasteiger partial charge is 0.351 e. The summed E-state index contributed by atoms with van der Waals surface area (Å²) in [6, 6.07) is 0. The Hall–Kier alpha value is -1.18. The molecule has 0 amide bonds. The van der Waals surface area contributed by atoms with Gasteiger partial charge >= 0.3 is 5.69 Å². The number of aliphatic hydroxyl groups excluding tert-OH is 1. The summed E-state index contributed by atoms with van der Waals surface area (Å²) in [5.41, 5.74) is 4.61. The van der Waals surface area contributed by atoms with Crippen LogP contribution in [0.15, 0.2) is 11.0 Å². The Morgan fingerprint density at radius 1 is 1.76 bits per heavy atom. The van der Waals surface area contributed by atoms with Gasteiger partial charge in [0.2, 0.25) is 0 Å². The predicted octanol–water partition coefficient (Wildman–Crippen LogP) is 0.0968. The Kier molecular flexibility index (Phi) is 3.32. The van der Waals surface area contributed by atoms with E-state index in [1.165, 1.54) is 6.20 Å². The van der Waals surface area contributed by atoms with E-state index in [4.69, 9.17) is 27.2 Å². The minimum Gasteiger partial charge on any atom is -0.394 e. The molecule has 0 bridgehead atoms. The third kappa shape index (κ3) is 2.26. The molecule has 94 valence electrons. The molecule has 0 aromatic carbocycles. The van der Waals surface area contributed by atoms with Gasteiger partial charge in [0, 0.05) is 12.6 Å². The zero-order valence-electron chi connectivity index (χ0n) is 8.72. The van der Waals surface area contributed by atoms with Gasteiger partial charge in [-0.3, -0.25) is 4.57 Å². The van der Waals surface area contributed by atoms with E-state index >= 15 is 0 Å². The Morgan fingerprint density at radius 3 is 3.06 bits per heavy atom. The summed E-state index contributed by atoms with van der Waals surface area (Å²) >= 11 is 5.71. The predicted molar refractivity (Wildman–Crippen MR) is 58.4 cm³/mol. The molecule has 2 rings (SSSR count). The maximum Gasteiger partial charge on any atom is 0.351 e. The minimum absolute atomic E-state index is 0.0234. The monoisotopic (exact) mass is 263 g/mol. The first-order valence-electron chi connectivity index (χ1n) is 4.97. The number of hydrogen-bond acceptors (Lipinski definition) is 5. The van der Waals surface area contributed by atoms with E-state index in [-0.39, 0.29) is 23.9 Å². The molecule has 0 saturated carbocycles. The highest BCUT2D eigenvalue weighted by Crippen LogP contribution is 2.30. The van der Waals surface area contributed by atoms with E-state index in [2.05, 4.69) is 4.98 Å². The molecule has 8 heteroatoms. The zero-order valence-corrected chi connectivity index (χ0v) is 9.47. The van der Waals surface area contributed by atoms with Crippen LogP contribution in [0.1, 0.15) is 12.6 Å². The van der Waals surface area contributed by atoms with Crippen LogP contribution in [-0.2, 0) is 4.74 Å². The van der Waals surface area contributed by atoms with Crippen molar-refractivity contribution in [1.82, 2.24) is 9.55 Å². The fraction of sp³-hybridized carbons (Fsp3) is 0.556. The first kappa shape index (κ1) is 12.3. The van der Waals surface area contributed by atoms with Crippen LogP contribution < -0.4 is 11.4 Å². The molecule has 17 heavy (non-hydrogen) atoms. The van der Waals surface area contributed by atoms with Crippen LogP contribution >= 0.6 is 11.6 Å². The number of nitrogens with zero attached hydrogens (tertiary/aromatic N) is 2. The molecule has 1 aromatic rings. The van der Waals surface area contributed by atoms with Gasteiger partial charge < -0.3 is 15.6 Å². The van der Waals surface area contributed by atoms with Gasteiger partial charge in [-0.15, -0.1) is 0 Å². The van der Waals surface area contributed by atoms with Gasteiger partial charge in [-0.2, -0.15) is 4.98 Å². The molecule has 0 aliphatic carbocycles. The molecule has 1 saturated heterocycles. The standard InChI is InChI=1S/C9H11ClFN3O3/c10-5-2-14(9(16)13-7(5)12)8-6(11)1-4(3-15)17-8/h2,4,6,8,15H,1,3H2,(H2,12,13,16)/t4-,6-,8+/m1/s1. The Labute approximate surface area is 101 Å². The molecule has 1 aromatic heterocycles. The van der Waals surface area contributed by atoms with Crippen LogP contribution in [0.4, 0.5) is 10.2 Å². The van der Waals surface area contributed by atoms with Crippen LogP contribution in [0.2, 0.25) is 5.02 Å². The van der Waals surface area contributed by atoms with Crippen molar-refractivity contribution >= 4 is 17.4 Å². The normalized spacial score (nSPS) is 28.5. The first-order valence-corrected chi connectivity index (χ1v) is 5.35.